The molecule has 2 aromatic rings. The van der Waals surface area contributed by atoms with Crippen LogP contribution in [0.4, 0.5) is 5.13 Å². The van der Waals surface area contributed by atoms with E-state index in [0.717, 1.165) is 39.8 Å². The molecule has 6 nitrogen and oxygen atoms in total. The standard InChI is InChI=1S/C14H18N4O2S/c1-8-9(7-18(2)17-8)6-15-14-16-12-10(13(19)20)4-3-5-11(12)21-14/h7,10H,3-6H2,1-2H3,(H,15,16)(H,19,20). The fourth-order valence-corrected chi connectivity index (χ4v) is 3.79. The van der Waals surface area contributed by atoms with E-state index in [2.05, 4.69) is 15.4 Å². The van der Waals surface area contributed by atoms with Crippen LogP contribution in [0.3, 0.4) is 0 Å². The number of hydrogen-bond donors (Lipinski definition) is 2. The van der Waals surface area contributed by atoms with Crippen molar-refractivity contribution in [2.24, 2.45) is 7.05 Å². The average molecular weight is 306 g/mol. The fourth-order valence-electron chi connectivity index (χ4n) is 2.73. The Morgan fingerprint density at radius 2 is 2.43 bits per heavy atom. The first-order chi connectivity index (χ1) is 10.0. The number of carboxylic acids is 1. The molecule has 7 heteroatoms. The van der Waals surface area contributed by atoms with E-state index in [-0.39, 0.29) is 0 Å². The Hall–Kier alpha value is -1.89. The third kappa shape index (κ3) is 2.78. The number of aryl methyl sites for hydroxylation is 3. The zero-order chi connectivity index (χ0) is 15.0. The molecule has 1 aliphatic carbocycles. The number of aliphatic carboxylic acids is 1. The van der Waals surface area contributed by atoms with E-state index in [1.165, 1.54) is 0 Å². The van der Waals surface area contributed by atoms with Crippen molar-refractivity contribution in [3.63, 3.8) is 0 Å². The van der Waals surface area contributed by atoms with Gasteiger partial charge in [-0.1, -0.05) is 0 Å². The molecule has 1 atom stereocenters. The largest absolute Gasteiger partial charge is 0.481 e. The van der Waals surface area contributed by atoms with Gasteiger partial charge in [0.2, 0.25) is 0 Å². The van der Waals surface area contributed by atoms with Crippen LogP contribution >= 0.6 is 11.3 Å². The van der Waals surface area contributed by atoms with Gasteiger partial charge in [-0.25, -0.2) is 4.98 Å². The molecule has 0 fully saturated rings. The Balaban J connectivity index is 1.75. The summed E-state index contributed by atoms with van der Waals surface area (Å²) in [5.74, 6) is -1.21. The lowest BCUT2D eigenvalue weighted by Gasteiger charge is -2.16. The highest BCUT2D eigenvalue weighted by atomic mass is 32.1. The van der Waals surface area contributed by atoms with E-state index in [0.29, 0.717) is 13.0 Å². The normalized spacial score (nSPS) is 17.5. The summed E-state index contributed by atoms with van der Waals surface area (Å²) in [5.41, 5.74) is 2.87. The quantitative estimate of drug-likeness (QED) is 0.906. The van der Waals surface area contributed by atoms with Gasteiger partial charge in [0.15, 0.2) is 5.13 Å². The molecule has 0 radical (unpaired) electrons. The topological polar surface area (TPSA) is 80.0 Å². The molecule has 0 bridgehead atoms. The van der Waals surface area contributed by atoms with Crippen molar-refractivity contribution < 1.29 is 9.90 Å². The molecule has 1 unspecified atom stereocenters. The van der Waals surface area contributed by atoms with Gasteiger partial charge in [0, 0.05) is 30.2 Å². The number of carbonyl (C=O) groups is 1. The van der Waals surface area contributed by atoms with Crippen LogP contribution in [0, 0.1) is 6.92 Å². The molecule has 0 amide bonds. The molecule has 2 heterocycles. The maximum Gasteiger partial charge on any atom is 0.312 e. The number of carboxylic acid groups (broad SMARTS) is 1. The van der Waals surface area contributed by atoms with E-state index in [9.17, 15) is 9.90 Å². The lowest BCUT2D eigenvalue weighted by atomic mass is 9.91. The highest BCUT2D eigenvalue weighted by Gasteiger charge is 2.29. The second kappa shape index (κ2) is 5.48. The van der Waals surface area contributed by atoms with Gasteiger partial charge in [0.1, 0.15) is 5.92 Å². The predicted molar refractivity (Wildman–Crippen MR) is 80.7 cm³/mol. The first-order valence-electron chi connectivity index (χ1n) is 7.00. The minimum atomic E-state index is -0.768. The Labute approximate surface area is 126 Å². The molecular weight excluding hydrogens is 288 g/mol. The number of nitrogens with zero attached hydrogens (tertiary/aromatic N) is 3. The van der Waals surface area contributed by atoms with Gasteiger partial charge in [-0.2, -0.15) is 5.10 Å². The number of anilines is 1. The summed E-state index contributed by atoms with van der Waals surface area (Å²) in [5, 5.41) is 17.7. The number of fused-ring (bicyclic) bond motifs is 1. The summed E-state index contributed by atoms with van der Waals surface area (Å²) in [7, 11) is 1.90. The van der Waals surface area contributed by atoms with Crippen LogP contribution in [0.5, 0.6) is 0 Å². The van der Waals surface area contributed by atoms with Gasteiger partial charge in [-0.15, -0.1) is 11.3 Å². The maximum absolute atomic E-state index is 11.3. The third-order valence-corrected chi connectivity index (χ3v) is 4.89. The first kappa shape index (κ1) is 14.1. The molecule has 0 aromatic carbocycles. The van der Waals surface area contributed by atoms with E-state index in [1.807, 2.05) is 20.2 Å². The van der Waals surface area contributed by atoms with Crippen LogP contribution < -0.4 is 5.32 Å². The number of aromatic nitrogens is 3. The maximum atomic E-state index is 11.3. The van der Waals surface area contributed by atoms with Crippen LogP contribution in [0.15, 0.2) is 6.20 Å². The number of nitrogens with one attached hydrogen (secondary N) is 1. The molecule has 2 aromatic heterocycles. The molecule has 3 rings (SSSR count). The van der Waals surface area contributed by atoms with Crippen LogP contribution in [0.25, 0.3) is 0 Å². The molecule has 2 N–H and O–H groups in total. The lowest BCUT2D eigenvalue weighted by molar-refractivity contribution is -0.139. The van der Waals surface area contributed by atoms with Gasteiger partial charge in [0.25, 0.3) is 0 Å². The minimum absolute atomic E-state index is 0.444. The van der Waals surface area contributed by atoms with Crippen molar-refractivity contribution in [1.82, 2.24) is 14.8 Å². The van der Waals surface area contributed by atoms with Crippen LogP contribution in [-0.2, 0) is 24.8 Å². The van der Waals surface area contributed by atoms with Crippen LogP contribution in [0.1, 0.15) is 40.6 Å². The second-order valence-electron chi connectivity index (χ2n) is 5.38. The van der Waals surface area contributed by atoms with Gasteiger partial charge < -0.3 is 10.4 Å². The van der Waals surface area contributed by atoms with E-state index in [1.54, 1.807) is 16.0 Å². The van der Waals surface area contributed by atoms with E-state index >= 15 is 0 Å². The fraction of sp³-hybridized carbons (Fsp3) is 0.500. The molecule has 0 saturated heterocycles. The molecule has 0 saturated carbocycles. The van der Waals surface area contributed by atoms with Crippen molar-refractivity contribution in [3.05, 3.63) is 28.0 Å². The Bertz CT molecular complexity index is 677. The summed E-state index contributed by atoms with van der Waals surface area (Å²) in [6.07, 6.45) is 4.53. The number of rotatable bonds is 4. The Morgan fingerprint density at radius 3 is 3.10 bits per heavy atom. The van der Waals surface area contributed by atoms with Crippen molar-refractivity contribution in [1.29, 1.82) is 0 Å². The van der Waals surface area contributed by atoms with Crippen molar-refractivity contribution in [2.45, 2.75) is 38.6 Å². The van der Waals surface area contributed by atoms with E-state index < -0.39 is 11.9 Å². The zero-order valence-corrected chi connectivity index (χ0v) is 12.9. The van der Waals surface area contributed by atoms with Gasteiger partial charge in [0.05, 0.1) is 11.4 Å². The third-order valence-electron chi connectivity index (χ3n) is 3.80. The number of thiazole rings is 1. The Morgan fingerprint density at radius 1 is 1.62 bits per heavy atom. The number of hydrogen-bond acceptors (Lipinski definition) is 5. The van der Waals surface area contributed by atoms with Crippen molar-refractivity contribution in [2.75, 3.05) is 5.32 Å². The summed E-state index contributed by atoms with van der Waals surface area (Å²) >= 11 is 1.58. The minimum Gasteiger partial charge on any atom is -0.481 e. The van der Waals surface area contributed by atoms with Crippen LogP contribution in [-0.4, -0.2) is 25.8 Å². The van der Waals surface area contributed by atoms with Gasteiger partial charge in [-0.3, -0.25) is 9.48 Å². The molecule has 0 aliphatic heterocycles. The first-order valence-corrected chi connectivity index (χ1v) is 7.81. The van der Waals surface area contributed by atoms with Crippen LogP contribution in [0.2, 0.25) is 0 Å². The molecular formula is C14H18N4O2S. The molecule has 1 aliphatic rings. The zero-order valence-electron chi connectivity index (χ0n) is 12.1. The van der Waals surface area contributed by atoms with Crippen molar-refractivity contribution in [3.8, 4) is 0 Å². The molecule has 0 spiro atoms. The monoisotopic (exact) mass is 306 g/mol. The highest BCUT2D eigenvalue weighted by molar-refractivity contribution is 7.15. The second-order valence-corrected chi connectivity index (χ2v) is 6.46. The summed E-state index contributed by atoms with van der Waals surface area (Å²) in [6, 6.07) is 0. The van der Waals surface area contributed by atoms with Gasteiger partial charge in [-0.05, 0) is 26.2 Å². The smallest absolute Gasteiger partial charge is 0.312 e. The Kier molecular flexibility index (Phi) is 3.67. The highest BCUT2D eigenvalue weighted by Crippen LogP contribution is 2.36. The van der Waals surface area contributed by atoms with Gasteiger partial charge >= 0.3 is 5.97 Å². The lowest BCUT2D eigenvalue weighted by Crippen LogP contribution is -2.17. The van der Waals surface area contributed by atoms with E-state index in [4.69, 9.17) is 0 Å². The average Bonchev–Trinajstić information content (AvgIpc) is 2.98. The summed E-state index contributed by atoms with van der Waals surface area (Å²) in [6.45, 7) is 2.63. The molecule has 112 valence electrons. The summed E-state index contributed by atoms with van der Waals surface area (Å²) in [4.78, 5) is 16.9. The SMILES string of the molecule is Cc1nn(C)cc1CNc1nc2c(s1)CCCC2C(=O)O. The predicted octanol–water partition coefficient (Wildman–Crippen LogP) is 2.30. The molecule has 21 heavy (non-hydrogen) atoms. The van der Waals surface area contributed by atoms with Crippen molar-refractivity contribution >= 4 is 22.4 Å². The summed E-state index contributed by atoms with van der Waals surface area (Å²) < 4.78 is 1.79.